The van der Waals surface area contributed by atoms with E-state index >= 15 is 0 Å². The van der Waals surface area contributed by atoms with Gasteiger partial charge in [-0.2, -0.15) is 0 Å². The van der Waals surface area contributed by atoms with Crippen molar-refractivity contribution in [2.24, 2.45) is 5.92 Å². The van der Waals surface area contributed by atoms with Crippen molar-refractivity contribution in [2.45, 2.75) is 32.2 Å². The van der Waals surface area contributed by atoms with Crippen LogP contribution in [0.5, 0.6) is 5.75 Å². The van der Waals surface area contributed by atoms with Crippen molar-refractivity contribution in [3.63, 3.8) is 0 Å². The van der Waals surface area contributed by atoms with Gasteiger partial charge < -0.3 is 20.1 Å². The monoisotopic (exact) mass is 306 g/mol. The number of ether oxygens (including phenoxy) is 2. The van der Waals surface area contributed by atoms with E-state index in [1.165, 1.54) is 7.11 Å². The third-order valence-electron chi connectivity index (χ3n) is 3.74. The first-order valence-electron chi connectivity index (χ1n) is 7.52. The zero-order chi connectivity index (χ0) is 15.9. The number of amides is 2. The number of urea groups is 1. The van der Waals surface area contributed by atoms with E-state index in [0.717, 1.165) is 19.3 Å². The number of hydrogen-bond acceptors (Lipinski definition) is 4. The van der Waals surface area contributed by atoms with Crippen LogP contribution in [0.2, 0.25) is 0 Å². The molecule has 0 saturated heterocycles. The van der Waals surface area contributed by atoms with Gasteiger partial charge in [0, 0.05) is 17.8 Å². The maximum atomic E-state index is 12.1. The highest BCUT2D eigenvalue weighted by Gasteiger charge is 2.34. The van der Waals surface area contributed by atoms with Crippen LogP contribution in [-0.4, -0.2) is 31.8 Å². The first-order chi connectivity index (χ1) is 10.6. The number of benzene rings is 1. The van der Waals surface area contributed by atoms with Gasteiger partial charge in [0.25, 0.3) is 0 Å². The van der Waals surface area contributed by atoms with E-state index in [1.807, 2.05) is 19.1 Å². The molecule has 0 spiro atoms. The van der Waals surface area contributed by atoms with Gasteiger partial charge in [-0.15, -0.1) is 0 Å². The zero-order valence-electron chi connectivity index (χ0n) is 12.9. The molecule has 120 valence electrons. The first kappa shape index (κ1) is 16.1. The molecule has 1 aliphatic carbocycles. The van der Waals surface area contributed by atoms with Crippen molar-refractivity contribution in [1.82, 2.24) is 5.32 Å². The fourth-order valence-corrected chi connectivity index (χ4v) is 2.73. The van der Waals surface area contributed by atoms with Gasteiger partial charge in [0.1, 0.15) is 5.75 Å². The molecule has 1 saturated carbocycles. The van der Waals surface area contributed by atoms with Gasteiger partial charge in [-0.3, -0.25) is 4.79 Å². The molecule has 1 aromatic rings. The maximum absolute atomic E-state index is 12.1. The summed E-state index contributed by atoms with van der Waals surface area (Å²) in [4.78, 5) is 23.7. The Morgan fingerprint density at radius 3 is 2.86 bits per heavy atom. The van der Waals surface area contributed by atoms with Crippen LogP contribution in [0.1, 0.15) is 26.2 Å². The van der Waals surface area contributed by atoms with Crippen LogP contribution in [0.3, 0.4) is 0 Å². The minimum Gasteiger partial charge on any atom is -0.494 e. The lowest BCUT2D eigenvalue weighted by Crippen LogP contribution is -2.42. The van der Waals surface area contributed by atoms with Gasteiger partial charge in [-0.1, -0.05) is 12.5 Å². The van der Waals surface area contributed by atoms with E-state index in [-0.39, 0.29) is 24.0 Å². The second kappa shape index (κ2) is 7.68. The van der Waals surface area contributed by atoms with E-state index in [0.29, 0.717) is 18.0 Å². The molecule has 0 bridgehead atoms. The molecule has 6 nitrogen and oxygen atoms in total. The Hall–Kier alpha value is -2.24. The molecule has 0 radical (unpaired) electrons. The summed E-state index contributed by atoms with van der Waals surface area (Å²) in [6, 6.07) is 6.69. The van der Waals surface area contributed by atoms with Gasteiger partial charge in [-0.25, -0.2) is 4.79 Å². The van der Waals surface area contributed by atoms with Crippen LogP contribution < -0.4 is 15.4 Å². The minimum atomic E-state index is -0.325. The Kier molecular flexibility index (Phi) is 5.63. The van der Waals surface area contributed by atoms with Crippen molar-refractivity contribution in [2.75, 3.05) is 19.0 Å². The molecule has 2 amide bonds. The Balaban J connectivity index is 1.92. The molecular weight excluding hydrogens is 284 g/mol. The molecule has 6 heteroatoms. The zero-order valence-corrected chi connectivity index (χ0v) is 12.9. The number of hydrogen-bond donors (Lipinski definition) is 2. The molecule has 2 atom stereocenters. The van der Waals surface area contributed by atoms with Gasteiger partial charge >= 0.3 is 12.0 Å². The highest BCUT2D eigenvalue weighted by molar-refractivity contribution is 5.90. The third-order valence-corrected chi connectivity index (χ3v) is 3.74. The molecule has 2 unspecified atom stereocenters. The van der Waals surface area contributed by atoms with Gasteiger partial charge in [0.05, 0.1) is 19.6 Å². The molecule has 0 heterocycles. The average molecular weight is 306 g/mol. The fraction of sp³-hybridized carbons (Fsp3) is 0.500. The quantitative estimate of drug-likeness (QED) is 0.820. The average Bonchev–Trinajstić information content (AvgIpc) is 2.95. The first-order valence-corrected chi connectivity index (χ1v) is 7.52. The molecule has 1 aliphatic rings. The predicted octanol–water partition coefficient (Wildman–Crippen LogP) is 2.55. The van der Waals surface area contributed by atoms with Gasteiger partial charge in [0.15, 0.2) is 0 Å². The summed E-state index contributed by atoms with van der Waals surface area (Å²) in [6.45, 7) is 2.47. The molecular formula is C16H22N2O4. The number of carbonyl (C=O) groups excluding carboxylic acids is 2. The van der Waals surface area contributed by atoms with E-state index < -0.39 is 0 Å². The summed E-state index contributed by atoms with van der Waals surface area (Å²) >= 11 is 0. The highest BCUT2D eigenvalue weighted by atomic mass is 16.5. The largest absolute Gasteiger partial charge is 0.494 e. The van der Waals surface area contributed by atoms with Crippen LogP contribution in [0.25, 0.3) is 0 Å². The normalized spacial score (nSPS) is 20.3. The van der Waals surface area contributed by atoms with Gasteiger partial charge in [-0.05, 0) is 31.9 Å². The SMILES string of the molecule is CCOc1cccc(NC(=O)NC2CCCC2C(=O)OC)c1. The second-order valence-corrected chi connectivity index (χ2v) is 5.23. The number of esters is 1. The van der Waals surface area contributed by atoms with Crippen molar-refractivity contribution >= 4 is 17.7 Å². The Labute approximate surface area is 130 Å². The van der Waals surface area contributed by atoms with E-state index in [2.05, 4.69) is 10.6 Å². The van der Waals surface area contributed by atoms with Crippen LogP contribution in [-0.2, 0) is 9.53 Å². The van der Waals surface area contributed by atoms with Crippen molar-refractivity contribution < 1.29 is 19.1 Å². The van der Waals surface area contributed by atoms with Crippen LogP contribution in [0.15, 0.2) is 24.3 Å². The number of rotatable bonds is 5. The fourth-order valence-electron chi connectivity index (χ4n) is 2.73. The van der Waals surface area contributed by atoms with Gasteiger partial charge in [0.2, 0.25) is 0 Å². The highest BCUT2D eigenvalue weighted by Crippen LogP contribution is 2.27. The van der Waals surface area contributed by atoms with E-state index in [4.69, 9.17) is 9.47 Å². The molecule has 0 aliphatic heterocycles. The van der Waals surface area contributed by atoms with Crippen molar-refractivity contribution in [1.29, 1.82) is 0 Å². The topological polar surface area (TPSA) is 76.7 Å². The Morgan fingerprint density at radius 1 is 1.32 bits per heavy atom. The lowest BCUT2D eigenvalue weighted by atomic mass is 10.0. The summed E-state index contributed by atoms with van der Waals surface area (Å²) < 4.78 is 10.2. The molecule has 2 N–H and O–H groups in total. The summed E-state index contributed by atoms with van der Waals surface area (Å²) in [7, 11) is 1.37. The standard InChI is InChI=1S/C16H22N2O4/c1-3-22-12-7-4-6-11(10-12)17-16(20)18-14-9-5-8-13(14)15(19)21-2/h4,6-7,10,13-14H,3,5,8-9H2,1-2H3,(H2,17,18,20). The minimum absolute atomic E-state index is 0.178. The van der Waals surface area contributed by atoms with Crippen LogP contribution in [0.4, 0.5) is 10.5 Å². The summed E-state index contributed by atoms with van der Waals surface area (Å²) in [5.41, 5.74) is 0.649. The van der Waals surface area contributed by atoms with E-state index in [1.54, 1.807) is 12.1 Å². The number of nitrogens with one attached hydrogen (secondary N) is 2. The number of carbonyl (C=O) groups is 2. The maximum Gasteiger partial charge on any atom is 0.319 e. The summed E-state index contributed by atoms with van der Waals surface area (Å²) in [5.74, 6) is 0.181. The van der Waals surface area contributed by atoms with Crippen molar-refractivity contribution in [3.05, 3.63) is 24.3 Å². The second-order valence-electron chi connectivity index (χ2n) is 5.23. The predicted molar refractivity (Wildman–Crippen MR) is 82.9 cm³/mol. The van der Waals surface area contributed by atoms with E-state index in [9.17, 15) is 9.59 Å². The third kappa shape index (κ3) is 4.13. The summed E-state index contributed by atoms with van der Waals surface area (Å²) in [5, 5.41) is 5.62. The van der Waals surface area contributed by atoms with Crippen LogP contribution >= 0.6 is 0 Å². The lowest BCUT2D eigenvalue weighted by molar-refractivity contribution is -0.145. The number of methoxy groups -OCH3 is 1. The van der Waals surface area contributed by atoms with Crippen LogP contribution in [0, 0.1) is 5.92 Å². The molecule has 1 fully saturated rings. The van der Waals surface area contributed by atoms with Crippen molar-refractivity contribution in [3.8, 4) is 5.75 Å². The number of anilines is 1. The lowest BCUT2D eigenvalue weighted by Gasteiger charge is -2.19. The summed E-state index contributed by atoms with van der Waals surface area (Å²) in [6.07, 6.45) is 2.44. The molecule has 0 aromatic heterocycles. The Bertz CT molecular complexity index is 533. The molecule has 1 aromatic carbocycles. The molecule has 2 rings (SSSR count). The smallest absolute Gasteiger partial charge is 0.319 e. The molecule has 22 heavy (non-hydrogen) atoms. The Morgan fingerprint density at radius 2 is 2.14 bits per heavy atom.